The average molecular weight is 297 g/mol. The molecular weight excluding hydrogens is 280 g/mol. The van der Waals surface area contributed by atoms with Crippen molar-refractivity contribution in [2.24, 2.45) is 5.92 Å². The molecule has 2 aromatic rings. The van der Waals surface area contributed by atoms with Gasteiger partial charge in [0, 0.05) is 23.7 Å². The van der Waals surface area contributed by atoms with E-state index < -0.39 is 12.3 Å². The molecule has 114 valence electrons. The predicted molar refractivity (Wildman–Crippen MR) is 72.8 cm³/mol. The van der Waals surface area contributed by atoms with Crippen LogP contribution >= 0.6 is 0 Å². The van der Waals surface area contributed by atoms with Gasteiger partial charge in [0.05, 0.1) is 5.69 Å². The van der Waals surface area contributed by atoms with Gasteiger partial charge in [-0.1, -0.05) is 0 Å². The summed E-state index contributed by atoms with van der Waals surface area (Å²) in [6, 6.07) is 0. The van der Waals surface area contributed by atoms with Crippen LogP contribution in [0.5, 0.6) is 0 Å². The van der Waals surface area contributed by atoms with Gasteiger partial charge in [-0.05, 0) is 43.2 Å². The van der Waals surface area contributed by atoms with Crippen LogP contribution in [-0.4, -0.2) is 39.7 Å². The molecule has 0 aliphatic carbocycles. The van der Waals surface area contributed by atoms with E-state index in [0.717, 1.165) is 11.3 Å². The van der Waals surface area contributed by atoms with E-state index in [1.807, 2.05) is 6.92 Å². The van der Waals surface area contributed by atoms with E-state index >= 15 is 0 Å². The van der Waals surface area contributed by atoms with Gasteiger partial charge in [-0.3, -0.25) is 4.90 Å². The number of rotatable bonds is 3. The Morgan fingerprint density at radius 2 is 2.05 bits per heavy atom. The molecule has 1 aliphatic rings. The lowest BCUT2D eigenvalue weighted by molar-refractivity contribution is 0.0335. The molecule has 1 aliphatic heterocycles. The van der Waals surface area contributed by atoms with Gasteiger partial charge < -0.3 is 5.73 Å². The van der Waals surface area contributed by atoms with Gasteiger partial charge >= 0.3 is 0 Å². The highest BCUT2D eigenvalue weighted by Gasteiger charge is 2.27. The van der Waals surface area contributed by atoms with E-state index in [-0.39, 0.29) is 0 Å². The van der Waals surface area contributed by atoms with Crippen LogP contribution in [0, 0.1) is 12.8 Å². The number of hydrogen-bond donors (Lipinski definition) is 1. The quantitative estimate of drug-likeness (QED) is 0.933. The van der Waals surface area contributed by atoms with Gasteiger partial charge in [0.2, 0.25) is 12.1 Å². The number of anilines is 1. The summed E-state index contributed by atoms with van der Waals surface area (Å²) >= 11 is 0. The van der Waals surface area contributed by atoms with E-state index in [0.29, 0.717) is 49.3 Å². The Balaban J connectivity index is 1.76. The van der Waals surface area contributed by atoms with Gasteiger partial charge in [0.25, 0.3) is 0 Å². The number of likely N-dealkylation sites (tertiary alicyclic amines) is 1. The monoisotopic (exact) mass is 297 g/mol. The lowest BCUT2D eigenvalue weighted by Gasteiger charge is -2.31. The Hall–Kier alpha value is -1.83. The number of pyridine rings is 1. The summed E-state index contributed by atoms with van der Waals surface area (Å²) in [5, 5.41) is 7.44. The molecule has 1 saturated heterocycles. The zero-order valence-corrected chi connectivity index (χ0v) is 11.7. The van der Waals surface area contributed by atoms with Crippen LogP contribution in [0.3, 0.4) is 0 Å². The summed E-state index contributed by atoms with van der Waals surface area (Å²) in [6.07, 6.45) is -1.20. The lowest BCUT2D eigenvalue weighted by atomic mass is 9.97. The van der Waals surface area contributed by atoms with E-state index in [1.54, 1.807) is 0 Å². The minimum absolute atomic E-state index is 0.394. The topological polar surface area (TPSA) is 81.1 Å². The van der Waals surface area contributed by atoms with Crippen LogP contribution in [0.2, 0.25) is 0 Å². The Morgan fingerprint density at radius 1 is 1.33 bits per heavy atom. The van der Waals surface area contributed by atoms with Crippen LogP contribution in [0.25, 0.3) is 11.2 Å². The standard InChI is InChI=1S/C13H17F2N5O/c1-7-9(10(16)11-13(17-7)19-21-18-11)6-20-4-2-8(3-5-20)12(14)15/h8,12H,2-6,16H2,1H3. The predicted octanol–water partition coefficient (Wildman–Crippen LogP) is 1.99. The van der Waals surface area contributed by atoms with Crippen LogP contribution in [0.4, 0.5) is 14.5 Å². The number of aromatic nitrogens is 3. The molecule has 21 heavy (non-hydrogen) atoms. The second-order valence-corrected chi connectivity index (χ2v) is 5.47. The lowest BCUT2D eigenvalue weighted by Crippen LogP contribution is -2.35. The number of nitrogens with two attached hydrogens (primary N) is 1. The third-order valence-electron chi connectivity index (χ3n) is 4.13. The number of halogens is 2. The van der Waals surface area contributed by atoms with Gasteiger partial charge in [-0.15, -0.1) is 0 Å². The highest BCUT2D eigenvalue weighted by molar-refractivity contribution is 5.85. The summed E-state index contributed by atoms with van der Waals surface area (Å²) < 4.78 is 30.0. The number of hydrogen-bond acceptors (Lipinski definition) is 6. The Kier molecular flexibility index (Phi) is 3.71. The maximum Gasteiger partial charge on any atom is 0.241 e. The fourth-order valence-corrected chi connectivity index (χ4v) is 2.78. The molecule has 1 fully saturated rings. The molecule has 3 rings (SSSR count). The van der Waals surface area contributed by atoms with E-state index in [9.17, 15) is 8.78 Å². The minimum atomic E-state index is -2.22. The SMILES string of the molecule is Cc1nc2nonc2c(N)c1CN1CCC(C(F)F)CC1. The molecule has 2 N–H and O–H groups in total. The van der Waals surface area contributed by atoms with E-state index in [2.05, 4.69) is 24.8 Å². The maximum atomic E-state index is 12.7. The molecule has 0 unspecified atom stereocenters. The molecule has 0 spiro atoms. The summed E-state index contributed by atoms with van der Waals surface area (Å²) in [5.74, 6) is -0.486. The molecule has 0 amide bonds. The Morgan fingerprint density at radius 3 is 2.71 bits per heavy atom. The fraction of sp³-hybridized carbons (Fsp3) is 0.615. The number of nitrogens with zero attached hydrogens (tertiary/aromatic N) is 4. The first-order valence-electron chi connectivity index (χ1n) is 6.94. The molecule has 0 bridgehead atoms. The number of nitrogen functional groups attached to an aromatic ring is 1. The zero-order valence-electron chi connectivity index (χ0n) is 11.7. The highest BCUT2D eigenvalue weighted by atomic mass is 19.3. The largest absolute Gasteiger partial charge is 0.396 e. The van der Waals surface area contributed by atoms with Crippen molar-refractivity contribution in [2.45, 2.75) is 32.7 Å². The first kappa shape index (κ1) is 14.1. The fourth-order valence-electron chi connectivity index (χ4n) is 2.78. The molecule has 0 aromatic carbocycles. The van der Waals surface area contributed by atoms with Gasteiger partial charge in [-0.2, -0.15) is 0 Å². The van der Waals surface area contributed by atoms with Gasteiger partial charge in [0.15, 0.2) is 5.52 Å². The normalized spacial score (nSPS) is 17.9. The summed E-state index contributed by atoms with van der Waals surface area (Å²) in [6.45, 7) is 3.72. The highest BCUT2D eigenvalue weighted by Crippen LogP contribution is 2.28. The van der Waals surface area contributed by atoms with Crippen molar-refractivity contribution >= 4 is 16.9 Å². The Bertz CT molecular complexity index is 637. The van der Waals surface area contributed by atoms with Crippen molar-refractivity contribution < 1.29 is 13.4 Å². The second-order valence-electron chi connectivity index (χ2n) is 5.47. The molecule has 0 radical (unpaired) electrons. The third-order valence-corrected chi connectivity index (χ3v) is 4.13. The van der Waals surface area contributed by atoms with Crippen molar-refractivity contribution in [1.82, 2.24) is 20.2 Å². The number of fused-ring (bicyclic) bond motifs is 1. The molecular formula is C13H17F2N5O. The summed E-state index contributed by atoms with van der Waals surface area (Å²) in [4.78, 5) is 6.43. The number of piperidine rings is 1. The van der Waals surface area contributed by atoms with Crippen LogP contribution in [-0.2, 0) is 6.54 Å². The van der Waals surface area contributed by atoms with Crippen LogP contribution in [0.1, 0.15) is 24.1 Å². The van der Waals surface area contributed by atoms with Crippen LogP contribution in [0.15, 0.2) is 4.63 Å². The minimum Gasteiger partial charge on any atom is -0.396 e. The molecule has 2 aromatic heterocycles. The summed E-state index contributed by atoms with van der Waals surface area (Å²) in [5.41, 5.74) is 9.11. The van der Waals surface area contributed by atoms with Crippen molar-refractivity contribution in [3.63, 3.8) is 0 Å². The zero-order chi connectivity index (χ0) is 15.0. The maximum absolute atomic E-state index is 12.7. The number of aryl methyl sites for hydroxylation is 1. The Labute approximate surface area is 120 Å². The summed E-state index contributed by atoms with van der Waals surface area (Å²) in [7, 11) is 0. The van der Waals surface area contributed by atoms with E-state index in [4.69, 9.17) is 5.73 Å². The smallest absolute Gasteiger partial charge is 0.241 e. The second kappa shape index (κ2) is 5.51. The van der Waals surface area contributed by atoms with E-state index in [1.165, 1.54) is 0 Å². The van der Waals surface area contributed by atoms with Crippen molar-refractivity contribution in [3.8, 4) is 0 Å². The average Bonchev–Trinajstić information content (AvgIpc) is 2.92. The van der Waals surface area contributed by atoms with Gasteiger partial charge in [-0.25, -0.2) is 18.4 Å². The molecule has 3 heterocycles. The van der Waals surface area contributed by atoms with Crippen molar-refractivity contribution in [3.05, 3.63) is 11.3 Å². The van der Waals surface area contributed by atoms with Crippen molar-refractivity contribution in [1.29, 1.82) is 0 Å². The first-order valence-corrected chi connectivity index (χ1v) is 6.94. The number of alkyl halides is 2. The van der Waals surface area contributed by atoms with Gasteiger partial charge in [0.1, 0.15) is 0 Å². The third kappa shape index (κ3) is 2.67. The van der Waals surface area contributed by atoms with Crippen molar-refractivity contribution in [2.75, 3.05) is 18.8 Å². The molecule has 6 nitrogen and oxygen atoms in total. The molecule has 0 saturated carbocycles. The first-order chi connectivity index (χ1) is 10.1. The molecule has 0 atom stereocenters. The molecule has 8 heteroatoms. The van der Waals surface area contributed by atoms with Crippen LogP contribution < -0.4 is 5.73 Å².